The topological polar surface area (TPSA) is 69.8 Å². The van der Waals surface area contributed by atoms with Crippen molar-refractivity contribution in [3.8, 4) is 11.5 Å². The average Bonchev–Trinajstić information content (AvgIpc) is 3.20. The van der Waals surface area contributed by atoms with Crippen LogP contribution in [0.5, 0.6) is 11.5 Å². The summed E-state index contributed by atoms with van der Waals surface area (Å²) in [7, 11) is 5.23. The third kappa shape index (κ3) is 3.93. The molecular formula is C20H29N4O3+. The van der Waals surface area contributed by atoms with Crippen molar-refractivity contribution < 1.29 is 19.2 Å². The van der Waals surface area contributed by atoms with E-state index in [1.165, 1.54) is 4.90 Å². The molecular weight excluding hydrogens is 344 g/mol. The Hall–Kier alpha value is -2.54. The number of methoxy groups -OCH3 is 2. The summed E-state index contributed by atoms with van der Waals surface area (Å²) < 4.78 is 12.7. The summed E-state index contributed by atoms with van der Waals surface area (Å²) in [6.45, 7) is 5.25. The van der Waals surface area contributed by atoms with E-state index in [1.807, 2.05) is 39.1 Å². The number of aromatic nitrogens is 2. The van der Waals surface area contributed by atoms with Gasteiger partial charge in [0, 0.05) is 19.9 Å². The van der Waals surface area contributed by atoms with Gasteiger partial charge in [-0.15, -0.1) is 0 Å². The van der Waals surface area contributed by atoms with E-state index in [0.717, 1.165) is 53.5 Å². The van der Waals surface area contributed by atoms with Gasteiger partial charge in [-0.25, -0.2) is 0 Å². The van der Waals surface area contributed by atoms with Crippen LogP contribution < -0.4 is 19.7 Å². The molecule has 2 heterocycles. The molecule has 1 aromatic carbocycles. The first kappa shape index (κ1) is 19.2. The molecule has 0 saturated carbocycles. The molecule has 1 aromatic heterocycles. The predicted molar refractivity (Wildman–Crippen MR) is 104 cm³/mol. The van der Waals surface area contributed by atoms with E-state index < -0.39 is 0 Å². The molecule has 0 aliphatic carbocycles. The second-order valence-corrected chi connectivity index (χ2v) is 7.11. The Bertz CT molecular complexity index is 831. The molecule has 1 fully saturated rings. The zero-order valence-corrected chi connectivity index (χ0v) is 16.8. The van der Waals surface area contributed by atoms with Gasteiger partial charge in [-0.3, -0.25) is 9.48 Å². The van der Waals surface area contributed by atoms with Gasteiger partial charge in [0.2, 0.25) is 0 Å². The number of nitrogens with zero attached hydrogens (tertiary/aromatic N) is 2. The van der Waals surface area contributed by atoms with E-state index in [1.54, 1.807) is 18.9 Å². The highest BCUT2D eigenvalue weighted by atomic mass is 16.5. The maximum atomic E-state index is 12.7. The summed E-state index contributed by atoms with van der Waals surface area (Å²) in [6, 6.07) is 6.09. The fraction of sp³-hybridized carbons (Fsp3) is 0.500. The van der Waals surface area contributed by atoms with E-state index in [2.05, 4.69) is 10.4 Å². The molecule has 3 rings (SSSR count). The molecule has 0 bridgehead atoms. The zero-order valence-electron chi connectivity index (χ0n) is 16.8. The van der Waals surface area contributed by atoms with Gasteiger partial charge in [0.25, 0.3) is 5.91 Å². The third-order valence-corrected chi connectivity index (χ3v) is 5.46. The Morgan fingerprint density at radius 2 is 2.11 bits per heavy atom. The smallest absolute Gasteiger partial charge is 0.279 e. The Morgan fingerprint density at radius 3 is 2.74 bits per heavy atom. The molecule has 1 aliphatic heterocycles. The SMILES string of the molecule is COc1ccc(OC)c([C@@H]2CCC[NH+]2CC(=O)Nc2c(C)nn(C)c2C)c1. The normalized spacial score (nSPS) is 19.1. The quantitative estimate of drug-likeness (QED) is 0.803. The number of ether oxygens (including phenoxy) is 2. The lowest BCUT2D eigenvalue weighted by Gasteiger charge is -2.23. The lowest BCUT2D eigenvalue weighted by atomic mass is 10.0. The molecule has 146 valence electrons. The number of rotatable bonds is 6. The maximum Gasteiger partial charge on any atom is 0.279 e. The number of carbonyl (C=O) groups excluding carboxylic acids is 1. The van der Waals surface area contributed by atoms with E-state index >= 15 is 0 Å². The van der Waals surface area contributed by atoms with Crippen molar-refractivity contribution in [2.24, 2.45) is 7.05 Å². The van der Waals surface area contributed by atoms with Gasteiger partial charge < -0.3 is 19.7 Å². The summed E-state index contributed by atoms with van der Waals surface area (Å²) in [5, 5.41) is 7.41. The molecule has 1 saturated heterocycles. The number of benzene rings is 1. The lowest BCUT2D eigenvalue weighted by molar-refractivity contribution is -0.910. The number of anilines is 1. The van der Waals surface area contributed by atoms with Gasteiger partial charge >= 0.3 is 0 Å². The van der Waals surface area contributed by atoms with Gasteiger partial charge in [0.1, 0.15) is 17.5 Å². The average molecular weight is 373 g/mol. The highest BCUT2D eigenvalue weighted by Gasteiger charge is 2.34. The van der Waals surface area contributed by atoms with Crippen LogP contribution in [0.2, 0.25) is 0 Å². The standard InChI is InChI=1S/C20H28N4O3/c1-13-20(14(2)23(3)22-13)21-19(25)12-24-10-6-7-17(24)16-11-15(26-4)8-9-18(16)27-5/h8-9,11,17H,6-7,10,12H2,1-5H3,(H,21,25)/p+1/t17-/m0/s1. The van der Waals surface area contributed by atoms with Crippen LogP contribution in [0.3, 0.4) is 0 Å². The minimum Gasteiger partial charge on any atom is -0.497 e. The van der Waals surface area contributed by atoms with Crippen molar-refractivity contribution >= 4 is 11.6 Å². The highest BCUT2D eigenvalue weighted by Crippen LogP contribution is 2.31. The summed E-state index contributed by atoms with van der Waals surface area (Å²) in [5.74, 6) is 1.67. The highest BCUT2D eigenvalue weighted by molar-refractivity contribution is 5.92. The monoisotopic (exact) mass is 373 g/mol. The first-order valence-electron chi connectivity index (χ1n) is 9.31. The van der Waals surface area contributed by atoms with Crippen LogP contribution in [0.15, 0.2) is 18.2 Å². The van der Waals surface area contributed by atoms with Crippen LogP contribution in [0.25, 0.3) is 0 Å². The van der Waals surface area contributed by atoms with Gasteiger partial charge in [0.15, 0.2) is 6.54 Å². The van der Waals surface area contributed by atoms with Crippen molar-refractivity contribution in [2.75, 3.05) is 32.6 Å². The van der Waals surface area contributed by atoms with Crippen LogP contribution >= 0.6 is 0 Å². The predicted octanol–water partition coefficient (Wildman–Crippen LogP) is 1.41. The van der Waals surface area contributed by atoms with E-state index in [-0.39, 0.29) is 11.9 Å². The fourth-order valence-electron chi connectivity index (χ4n) is 3.95. The molecule has 2 aromatic rings. The summed E-state index contributed by atoms with van der Waals surface area (Å²) in [6.07, 6.45) is 2.11. The number of nitrogens with one attached hydrogen (secondary N) is 2. The van der Waals surface area contributed by atoms with Crippen molar-refractivity contribution in [1.29, 1.82) is 0 Å². The summed E-state index contributed by atoms with van der Waals surface area (Å²) in [5.41, 5.74) is 3.72. The minimum absolute atomic E-state index is 0.0120. The number of aryl methyl sites for hydroxylation is 2. The molecule has 2 N–H and O–H groups in total. The van der Waals surface area contributed by atoms with Crippen LogP contribution in [0.1, 0.15) is 35.8 Å². The minimum atomic E-state index is 0.0120. The fourth-order valence-corrected chi connectivity index (χ4v) is 3.95. The third-order valence-electron chi connectivity index (χ3n) is 5.46. The van der Waals surface area contributed by atoms with Crippen LogP contribution in [0, 0.1) is 13.8 Å². The number of quaternary nitrogens is 1. The summed E-state index contributed by atoms with van der Waals surface area (Å²) in [4.78, 5) is 14.0. The molecule has 27 heavy (non-hydrogen) atoms. The zero-order chi connectivity index (χ0) is 19.6. The number of carbonyl (C=O) groups is 1. The van der Waals surface area contributed by atoms with Crippen LogP contribution in [0.4, 0.5) is 5.69 Å². The Balaban J connectivity index is 1.76. The van der Waals surface area contributed by atoms with Gasteiger partial charge in [-0.1, -0.05) is 0 Å². The Labute approximate surface area is 160 Å². The Morgan fingerprint density at radius 1 is 1.33 bits per heavy atom. The van der Waals surface area contributed by atoms with Crippen molar-refractivity contribution in [3.63, 3.8) is 0 Å². The van der Waals surface area contributed by atoms with E-state index in [4.69, 9.17) is 9.47 Å². The molecule has 7 nitrogen and oxygen atoms in total. The molecule has 1 amide bonds. The lowest BCUT2D eigenvalue weighted by Crippen LogP contribution is -3.11. The second-order valence-electron chi connectivity index (χ2n) is 7.11. The molecule has 2 atom stereocenters. The van der Waals surface area contributed by atoms with Crippen LogP contribution in [-0.2, 0) is 11.8 Å². The summed E-state index contributed by atoms with van der Waals surface area (Å²) >= 11 is 0. The largest absolute Gasteiger partial charge is 0.497 e. The molecule has 1 aliphatic rings. The number of hydrogen-bond donors (Lipinski definition) is 2. The van der Waals surface area contributed by atoms with Crippen molar-refractivity contribution in [1.82, 2.24) is 9.78 Å². The number of hydrogen-bond acceptors (Lipinski definition) is 4. The van der Waals surface area contributed by atoms with Gasteiger partial charge in [-0.2, -0.15) is 5.10 Å². The van der Waals surface area contributed by atoms with Gasteiger partial charge in [0.05, 0.1) is 43.4 Å². The first-order valence-corrected chi connectivity index (χ1v) is 9.31. The van der Waals surface area contributed by atoms with E-state index in [0.29, 0.717) is 6.54 Å². The van der Waals surface area contributed by atoms with Crippen molar-refractivity contribution in [3.05, 3.63) is 35.2 Å². The molecule has 0 radical (unpaired) electrons. The first-order chi connectivity index (χ1) is 12.9. The second kappa shape index (κ2) is 8.00. The molecule has 1 unspecified atom stereocenters. The van der Waals surface area contributed by atoms with E-state index in [9.17, 15) is 4.79 Å². The van der Waals surface area contributed by atoms with Crippen molar-refractivity contribution in [2.45, 2.75) is 32.7 Å². The molecule has 7 heteroatoms. The number of amides is 1. The number of likely N-dealkylation sites (tertiary alicyclic amines) is 1. The van der Waals surface area contributed by atoms with Gasteiger partial charge in [-0.05, 0) is 32.0 Å². The molecule has 0 spiro atoms. The van der Waals surface area contributed by atoms with Crippen LogP contribution in [-0.4, -0.2) is 43.0 Å². The Kier molecular flexibility index (Phi) is 5.70. The maximum absolute atomic E-state index is 12.7.